The molecule has 125 valence electrons. The van der Waals surface area contributed by atoms with E-state index in [-0.39, 0.29) is 0 Å². The van der Waals surface area contributed by atoms with Crippen LogP contribution in [-0.4, -0.2) is 22.1 Å². The van der Waals surface area contributed by atoms with Gasteiger partial charge in [0.05, 0.1) is 11.7 Å². The lowest BCUT2D eigenvalue weighted by Gasteiger charge is -2.26. The Morgan fingerprint density at radius 3 is 2.67 bits per heavy atom. The van der Waals surface area contributed by atoms with Crippen LogP contribution in [0.15, 0.2) is 42.5 Å². The van der Waals surface area contributed by atoms with Crippen LogP contribution in [0, 0.1) is 0 Å². The second kappa shape index (κ2) is 6.52. The quantitative estimate of drug-likeness (QED) is 0.824. The molecule has 1 atom stereocenters. The first kappa shape index (κ1) is 15.6. The molecule has 1 radical (unpaired) electrons. The van der Waals surface area contributed by atoms with E-state index in [1.807, 2.05) is 0 Å². The number of benzene rings is 2. The summed E-state index contributed by atoms with van der Waals surface area (Å²) >= 11 is 0. The molecular formula is C20H25N2OSi. The van der Waals surface area contributed by atoms with Crippen LogP contribution >= 0.6 is 0 Å². The van der Waals surface area contributed by atoms with Gasteiger partial charge in [0.15, 0.2) is 0 Å². The molecule has 2 bridgehead atoms. The Hall–Kier alpha value is -1.94. The van der Waals surface area contributed by atoms with Gasteiger partial charge in [0.2, 0.25) is 0 Å². The molecule has 3 aliphatic rings. The standard InChI is InChI=1S/C20H25N2OSi/c1-24(2)23-20-14-15-9-10-17(20)21-18(13-15)16-7-3-4-8-19(16)22-11-5-6-12-22/h3-4,7-10,14,18,21H,5-6,11-13H2,1-2H3. The molecule has 5 rings (SSSR count). The molecule has 1 fully saturated rings. The molecule has 2 aromatic rings. The fourth-order valence-electron chi connectivity index (χ4n) is 3.81. The first-order chi connectivity index (χ1) is 11.7. The molecule has 0 amide bonds. The molecule has 1 saturated heterocycles. The third-order valence-electron chi connectivity index (χ3n) is 4.89. The highest BCUT2D eigenvalue weighted by atomic mass is 28.3. The van der Waals surface area contributed by atoms with Crippen molar-refractivity contribution in [1.29, 1.82) is 0 Å². The van der Waals surface area contributed by atoms with Crippen LogP contribution in [0.5, 0.6) is 5.75 Å². The monoisotopic (exact) mass is 337 g/mol. The molecule has 1 unspecified atom stereocenters. The maximum atomic E-state index is 6.10. The van der Waals surface area contributed by atoms with Gasteiger partial charge in [-0.3, -0.25) is 0 Å². The van der Waals surface area contributed by atoms with E-state index >= 15 is 0 Å². The normalized spacial score (nSPS) is 19.5. The molecule has 1 N–H and O–H groups in total. The van der Waals surface area contributed by atoms with Crippen LogP contribution in [-0.2, 0) is 6.42 Å². The average molecular weight is 338 g/mol. The van der Waals surface area contributed by atoms with Crippen molar-refractivity contribution in [3.63, 3.8) is 0 Å². The van der Waals surface area contributed by atoms with Crippen molar-refractivity contribution in [2.24, 2.45) is 0 Å². The van der Waals surface area contributed by atoms with Gasteiger partial charge in [0.1, 0.15) is 5.75 Å². The summed E-state index contributed by atoms with van der Waals surface area (Å²) in [5.74, 6) is 1.02. The second-order valence-corrected chi connectivity index (χ2v) is 9.02. The molecule has 3 nitrogen and oxygen atoms in total. The zero-order chi connectivity index (χ0) is 16.5. The number of anilines is 2. The highest BCUT2D eigenvalue weighted by Gasteiger charge is 2.24. The van der Waals surface area contributed by atoms with E-state index in [4.69, 9.17) is 4.43 Å². The maximum Gasteiger partial charge on any atom is 0.274 e. The van der Waals surface area contributed by atoms with Crippen LogP contribution in [0.25, 0.3) is 0 Å². The lowest BCUT2D eigenvalue weighted by atomic mass is 9.98. The van der Waals surface area contributed by atoms with Gasteiger partial charge in [-0.1, -0.05) is 24.3 Å². The minimum Gasteiger partial charge on any atom is -0.541 e. The molecule has 2 aromatic carbocycles. The zero-order valence-corrected chi connectivity index (χ0v) is 15.5. The molecule has 24 heavy (non-hydrogen) atoms. The third kappa shape index (κ3) is 3.03. The van der Waals surface area contributed by atoms with Crippen molar-refractivity contribution < 1.29 is 4.43 Å². The van der Waals surface area contributed by atoms with Crippen molar-refractivity contribution in [3.8, 4) is 5.75 Å². The molecule has 0 saturated carbocycles. The highest BCUT2D eigenvalue weighted by molar-refractivity contribution is 6.49. The molecule has 0 aliphatic carbocycles. The number of nitrogens with zero attached hydrogens (tertiary/aromatic N) is 1. The summed E-state index contributed by atoms with van der Waals surface area (Å²) in [6.45, 7) is 6.72. The minimum absolute atomic E-state index is 0.309. The summed E-state index contributed by atoms with van der Waals surface area (Å²) in [6.07, 6.45) is 3.62. The lowest BCUT2D eigenvalue weighted by Crippen LogP contribution is -2.22. The molecule has 3 aliphatic heterocycles. The summed E-state index contributed by atoms with van der Waals surface area (Å²) < 4.78 is 6.10. The van der Waals surface area contributed by atoms with E-state index in [0.29, 0.717) is 6.04 Å². The third-order valence-corrected chi connectivity index (χ3v) is 5.52. The number of nitrogens with one attached hydrogen (secondary N) is 1. The van der Waals surface area contributed by atoms with Gasteiger partial charge in [0.25, 0.3) is 9.04 Å². The molecule has 4 heteroatoms. The van der Waals surface area contributed by atoms with Crippen LogP contribution in [0.3, 0.4) is 0 Å². The topological polar surface area (TPSA) is 24.5 Å². The minimum atomic E-state index is -0.758. The first-order valence-electron chi connectivity index (χ1n) is 8.92. The zero-order valence-electron chi connectivity index (χ0n) is 14.5. The fourth-order valence-corrected chi connectivity index (χ4v) is 4.42. The summed E-state index contributed by atoms with van der Waals surface area (Å²) in [4.78, 5) is 2.54. The van der Waals surface area contributed by atoms with Crippen LogP contribution < -0.4 is 14.6 Å². The van der Waals surface area contributed by atoms with Gasteiger partial charge in [-0.25, -0.2) is 0 Å². The SMILES string of the molecule is C[Si](C)Oc1cc2ccc1NC(c1ccccc1N1CCCC1)C2. The molecular weight excluding hydrogens is 312 g/mol. The van der Waals surface area contributed by atoms with Crippen molar-refractivity contribution >= 4 is 20.4 Å². The highest BCUT2D eigenvalue weighted by Crippen LogP contribution is 2.39. The predicted octanol–water partition coefficient (Wildman–Crippen LogP) is 4.63. The van der Waals surface area contributed by atoms with Crippen LogP contribution in [0.4, 0.5) is 11.4 Å². The Bertz CT molecular complexity index is 725. The average Bonchev–Trinajstić information content (AvgIpc) is 2.96. The van der Waals surface area contributed by atoms with Crippen LogP contribution in [0.1, 0.15) is 30.0 Å². The summed E-state index contributed by atoms with van der Waals surface area (Å²) in [5.41, 5.74) is 5.28. The number of rotatable bonds is 4. The van der Waals surface area contributed by atoms with Gasteiger partial charge < -0.3 is 14.6 Å². The largest absolute Gasteiger partial charge is 0.541 e. The van der Waals surface area contributed by atoms with Crippen molar-refractivity contribution in [2.75, 3.05) is 23.3 Å². The van der Waals surface area contributed by atoms with Gasteiger partial charge >= 0.3 is 0 Å². The van der Waals surface area contributed by atoms with Gasteiger partial charge in [-0.05, 0) is 61.7 Å². The van der Waals surface area contributed by atoms with Crippen LogP contribution in [0.2, 0.25) is 13.1 Å². The Labute approximate surface area is 146 Å². The number of fused-ring (bicyclic) bond motifs is 4. The summed E-state index contributed by atoms with van der Waals surface area (Å²) in [7, 11) is -0.758. The van der Waals surface area contributed by atoms with Crippen molar-refractivity contribution in [2.45, 2.75) is 38.4 Å². The molecule has 0 aromatic heterocycles. The van der Waals surface area contributed by atoms with Crippen molar-refractivity contribution in [3.05, 3.63) is 53.6 Å². The number of hydrogen-bond acceptors (Lipinski definition) is 3. The van der Waals surface area contributed by atoms with E-state index < -0.39 is 9.04 Å². The lowest BCUT2D eigenvalue weighted by molar-refractivity contribution is 0.582. The Morgan fingerprint density at radius 1 is 1.08 bits per heavy atom. The van der Waals surface area contributed by atoms with E-state index in [9.17, 15) is 0 Å². The van der Waals surface area contributed by atoms with E-state index in [2.05, 4.69) is 65.8 Å². The van der Waals surface area contributed by atoms with Gasteiger partial charge in [-0.15, -0.1) is 0 Å². The maximum absolute atomic E-state index is 6.10. The predicted molar refractivity (Wildman–Crippen MR) is 103 cm³/mol. The molecule has 0 spiro atoms. The van der Waals surface area contributed by atoms with Gasteiger partial charge in [-0.2, -0.15) is 0 Å². The fraction of sp³-hybridized carbons (Fsp3) is 0.400. The summed E-state index contributed by atoms with van der Waals surface area (Å²) in [6, 6.07) is 15.8. The number of hydrogen-bond donors (Lipinski definition) is 1. The van der Waals surface area contributed by atoms with E-state index in [0.717, 1.165) is 17.9 Å². The molecule has 3 heterocycles. The van der Waals surface area contributed by atoms with E-state index in [1.165, 1.54) is 42.7 Å². The smallest absolute Gasteiger partial charge is 0.274 e. The van der Waals surface area contributed by atoms with Crippen molar-refractivity contribution in [1.82, 2.24) is 0 Å². The second-order valence-electron chi connectivity index (χ2n) is 6.99. The Kier molecular flexibility index (Phi) is 4.23. The Morgan fingerprint density at radius 2 is 1.88 bits per heavy atom. The number of para-hydroxylation sites is 1. The first-order valence-corrected chi connectivity index (χ1v) is 11.3. The Balaban J connectivity index is 1.66. The van der Waals surface area contributed by atoms with E-state index in [1.54, 1.807) is 0 Å². The summed E-state index contributed by atoms with van der Waals surface area (Å²) in [5, 5.41) is 3.75. The van der Waals surface area contributed by atoms with Gasteiger partial charge in [0, 0.05) is 18.8 Å².